The summed E-state index contributed by atoms with van der Waals surface area (Å²) in [6.45, 7) is 7.80. The highest BCUT2D eigenvalue weighted by Crippen LogP contribution is 2.13. The molecular weight excluding hydrogens is 206 g/mol. The van der Waals surface area contributed by atoms with Crippen molar-refractivity contribution in [3.8, 4) is 0 Å². The summed E-state index contributed by atoms with van der Waals surface area (Å²) in [6, 6.07) is 0. The minimum absolute atomic E-state index is 0.172. The zero-order chi connectivity index (χ0) is 12.3. The van der Waals surface area contributed by atoms with Gasteiger partial charge in [-0.15, -0.1) is 0 Å². The molecule has 0 aliphatic carbocycles. The van der Waals surface area contributed by atoms with Crippen LogP contribution in [0.2, 0.25) is 0 Å². The Labute approximate surface area is 95.4 Å². The molecule has 0 atom stereocenters. The van der Waals surface area contributed by atoms with Gasteiger partial charge in [0.2, 0.25) is 0 Å². The third-order valence-electron chi connectivity index (χ3n) is 2.19. The number of hydrogen-bond acceptors (Lipinski definition) is 4. The first-order chi connectivity index (χ1) is 7.35. The van der Waals surface area contributed by atoms with Crippen LogP contribution in [0.4, 0.5) is 0 Å². The summed E-state index contributed by atoms with van der Waals surface area (Å²) in [7, 11) is 0. The van der Waals surface area contributed by atoms with Crippen LogP contribution in [-0.4, -0.2) is 23.1 Å². The number of nitrogens with one attached hydrogen (secondary N) is 1. The molecule has 1 heterocycles. The topological polar surface area (TPSA) is 81.2 Å². The Balaban J connectivity index is 2.76. The van der Waals surface area contributed by atoms with Gasteiger partial charge in [0.25, 0.3) is 5.91 Å². The molecule has 1 aromatic heterocycles. The van der Waals surface area contributed by atoms with Crippen molar-refractivity contribution in [2.75, 3.05) is 6.54 Å². The lowest BCUT2D eigenvalue weighted by Crippen LogP contribution is -2.45. The van der Waals surface area contributed by atoms with Crippen molar-refractivity contribution in [3.63, 3.8) is 0 Å². The Morgan fingerprint density at radius 1 is 1.56 bits per heavy atom. The molecule has 90 valence electrons. The van der Waals surface area contributed by atoms with E-state index >= 15 is 0 Å². The fourth-order valence-corrected chi connectivity index (χ4v) is 1.35. The largest absolute Gasteiger partial charge is 0.360 e. The number of nitrogens with two attached hydrogens (primary N) is 1. The van der Waals surface area contributed by atoms with Crippen LogP contribution in [0.25, 0.3) is 0 Å². The number of hydrogen-bond donors (Lipinski definition) is 2. The van der Waals surface area contributed by atoms with Crippen LogP contribution >= 0.6 is 0 Å². The normalized spacial score (nSPS) is 11.6. The molecule has 3 N–H and O–H groups in total. The molecule has 0 saturated heterocycles. The van der Waals surface area contributed by atoms with E-state index in [1.165, 1.54) is 0 Å². The fraction of sp³-hybridized carbons (Fsp3) is 0.636. The van der Waals surface area contributed by atoms with Crippen LogP contribution in [0.1, 0.15) is 42.6 Å². The molecule has 0 aromatic carbocycles. The Bertz CT molecular complexity index is 377. The van der Waals surface area contributed by atoms with Gasteiger partial charge in [0, 0.05) is 18.5 Å². The van der Waals surface area contributed by atoms with E-state index in [2.05, 4.69) is 10.5 Å². The first kappa shape index (κ1) is 12.7. The molecule has 0 fully saturated rings. The molecule has 1 aromatic rings. The summed E-state index contributed by atoms with van der Waals surface area (Å²) in [6.07, 6.45) is 0.648. The summed E-state index contributed by atoms with van der Waals surface area (Å²) < 4.78 is 5.06. The first-order valence-electron chi connectivity index (χ1n) is 5.37. The third-order valence-corrected chi connectivity index (χ3v) is 2.19. The lowest BCUT2D eigenvalue weighted by atomic mass is 10.1. The number of carbonyl (C=O) groups is 1. The Kier molecular flexibility index (Phi) is 3.70. The zero-order valence-corrected chi connectivity index (χ0v) is 10.3. The smallest absolute Gasteiger partial charge is 0.256 e. The van der Waals surface area contributed by atoms with Gasteiger partial charge < -0.3 is 15.6 Å². The van der Waals surface area contributed by atoms with Gasteiger partial charge in [0.1, 0.15) is 11.3 Å². The summed E-state index contributed by atoms with van der Waals surface area (Å²) in [5.74, 6) is 0.443. The molecule has 0 spiro atoms. The molecule has 0 bridgehead atoms. The number of rotatable bonds is 4. The van der Waals surface area contributed by atoms with Gasteiger partial charge in [-0.1, -0.05) is 12.1 Å². The van der Waals surface area contributed by atoms with Crippen molar-refractivity contribution in [1.82, 2.24) is 10.5 Å². The van der Waals surface area contributed by atoms with Crippen LogP contribution in [-0.2, 0) is 6.42 Å². The van der Waals surface area contributed by atoms with E-state index in [0.29, 0.717) is 30.0 Å². The van der Waals surface area contributed by atoms with Crippen LogP contribution in [0, 0.1) is 6.92 Å². The highest BCUT2D eigenvalue weighted by molar-refractivity contribution is 5.96. The highest BCUT2D eigenvalue weighted by Gasteiger charge is 2.20. The van der Waals surface area contributed by atoms with E-state index in [1.807, 2.05) is 20.8 Å². The molecule has 0 aliphatic rings. The number of aryl methyl sites for hydroxylation is 2. The molecule has 5 nitrogen and oxygen atoms in total. The lowest BCUT2D eigenvalue weighted by molar-refractivity contribution is 0.0943. The van der Waals surface area contributed by atoms with Gasteiger partial charge in [-0.05, 0) is 20.8 Å². The standard InChI is InChI=1S/C11H19N3O2/c1-5-8-9(7(2)14-16-8)10(15)13-6-11(3,4)12/h5-6,12H2,1-4H3,(H,13,15). The molecule has 16 heavy (non-hydrogen) atoms. The predicted molar refractivity (Wildman–Crippen MR) is 61.2 cm³/mol. The van der Waals surface area contributed by atoms with Gasteiger partial charge in [0.05, 0.1) is 5.69 Å². The first-order valence-corrected chi connectivity index (χ1v) is 5.37. The minimum Gasteiger partial charge on any atom is -0.360 e. The minimum atomic E-state index is -0.424. The highest BCUT2D eigenvalue weighted by atomic mass is 16.5. The van der Waals surface area contributed by atoms with Gasteiger partial charge in [0.15, 0.2) is 0 Å². The Hall–Kier alpha value is -1.36. The average Bonchev–Trinajstić information content (AvgIpc) is 2.55. The second-order valence-corrected chi connectivity index (χ2v) is 4.59. The molecule has 0 aliphatic heterocycles. The maximum atomic E-state index is 11.9. The zero-order valence-electron chi connectivity index (χ0n) is 10.3. The molecule has 0 unspecified atom stereocenters. The molecule has 0 saturated carbocycles. The number of carbonyl (C=O) groups excluding carboxylic acids is 1. The van der Waals surface area contributed by atoms with Crippen molar-refractivity contribution in [3.05, 3.63) is 17.0 Å². The second kappa shape index (κ2) is 4.65. The van der Waals surface area contributed by atoms with Crippen molar-refractivity contribution in [2.24, 2.45) is 5.73 Å². The van der Waals surface area contributed by atoms with Crippen LogP contribution in [0.3, 0.4) is 0 Å². The van der Waals surface area contributed by atoms with E-state index in [-0.39, 0.29) is 5.91 Å². The molecule has 0 radical (unpaired) electrons. The maximum absolute atomic E-state index is 11.9. The van der Waals surface area contributed by atoms with Crippen molar-refractivity contribution >= 4 is 5.91 Å². The van der Waals surface area contributed by atoms with E-state index in [9.17, 15) is 4.79 Å². The number of nitrogens with zero attached hydrogens (tertiary/aromatic N) is 1. The summed E-state index contributed by atoms with van der Waals surface area (Å²) in [4.78, 5) is 11.9. The lowest BCUT2D eigenvalue weighted by Gasteiger charge is -2.18. The van der Waals surface area contributed by atoms with E-state index in [4.69, 9.17) is 10.3 Å². The number of amides is 1. The van der Waals surface area contributed by atoms with E-state index in [0.717, 1.165) is 0 Å². The van der Waals surface area contributed by atoms with E-state index < -0.39 is 5.54 Å². The van der Waals surface area contributed by atoms with Crippen molar-refractivity contribution in [2.45, 2.75) is 39.7 Å². The molecular formula is C11H19N3O2. The second-order valence-electron chi connectivity index (χ2n) is 4.59. The van der Waals surface area contributed by atoms with Crippen LogP contribution < -0.4 is 11.1 Å². The molecule has 1 amide bonds. The molecule has 1 rings (SSSR count). The Morgan fingerprint density at radius 3 is 2.69 bits per heavy atom. The monoisotopic (exact) mass is 225 g/mol. The summed E-state index contributed by atoms with van der Waals surface area (Å²) in [5, 5.41) is 6.56. The quantitative estimate of drug-likeness (QED) is 0.801. The van der Waals surface area contributed by atoms with Gasteiger partial charge in [-0.2, -0.15) is 0 Å². The third kappa shape index (κ3) is 3.06. The number of aromatic nitrogens is 1. The van der Waals surface area contributed by atoms with Gasteiger partial charge >= 0.3 is 0 Å². The summed E-state index contributed by atoms with van der Waals surface area (Å²) >= 11 is 0. The van der Waals surface area contributed by atoms with Crippen molar-refractivity contribution < 1.29 is 9.32 Å². The fourth-order valence-electron chi connectivity index (χ4n) is 1.35. The summed E-state index contributed by atoms with van der Waals surface area (Å²) in [5.41, 5.74) is 6.52. The van der Waals surface area contributed by atoms with Gasteiger partial charge in [-0.3, -0.25) is 4.79 Å². The SMILES string of the molecule is CCc1onc(C)c1C(=O)NCC(C)(C)N. The average molecular weight is 225 g/mol. The predicted octanol–water partition coefficient (Wildman–Crippen LogP) is 1.01. The van der Waals surface area contributed by atoms with E-state index in [1.54, 1.807) is 6.92 Å². The Morgan fingerprint density at radius 2 is 2.19 bits per heavy atom. The van der Waals surface area contributed by atoms with Crippen molar-refractivity contribution in [1.29, 1.82) is 0 Å². The van der Waals surface area contributed by atoms with Gasteiger partial charge in [-0.25, -0.2) is 0 Å². The maximum Gasteiger partial charge on any atom is 0.256 e. The van der Waals surface area contributed by atoms with Crippen LogP contribution in [0.5, 0.6) is 0 Å². The molecule has 5 heteroatoms. The van der Waals surface area contributed by atoms with Crippen LogP contribution in [0.15, 0.2) is 4.52 Å².